The van der Waals surface area contributed by atoms with E-state index in [0.717, 1.165) is 30.9 Å². The first-order valence-corrected chi connectivity index (χ1v) is 5.23. The molecule has 15 heavy (non-hydrogen) atoms. The molecule has 0 saturated heterocycles. The maximum absolute atomic E-state index is 5.27. The molecule has 1 aliphatic heterocycles. The Morgan fingerprint density at radius 2 is 2.40 bits per heavy atom. The van der Waals surface area contributed by atoms with Gasteiger partial charge in [0.2, 0.25) is 5.88 Å². The van der Waals surface area contributed by atoms with Crippen LogP contribution in [0.5, 0.6) is 5.88 Å². The molecule has 0 amide bonds. The van der Waals surface area contributed by atoms with Crippen LogP contribution in [0, 0.1) is 0 Å². The average molecular weight is 205 g/mol. The fourth-order valence-corrected chi connectivity index (χ4v) is 1.51. The summed E-state index contributed by atoms with van der Waals surface area (Å²) in [7, 11) is 0. The van der Waals surface area contributed by atoms with Crippen molar-refractivity contribution in [1.82, 2.24) is 10.3 Å². The van der Waals surface area contributed by atoms with E-state index in [1.54, 1.807) is 0 Å². The molecule has 4 nitrogen and oxygen atoms in total. The smallest absolute Gasteiger partial charge is 0.213 e. The van der Waals surface area contributed by atoms with Gasteiger partial charge < -0.3 is 10.1 Å². The fourth-order valence-electron chi connectivity index (χ4n) is 1.51. The second-order valence-corrected chi connectivity index (χ2v) is 3.37. The fraction of sp³-hybridized carbons (Fsp3) is 0.455. The second kappa shape index (κ2) is 4.77. The molecule has 2 heterocycles. The van der Waals surface area contributed by atoms with Gasteiger partial charge in [-0.25, -0.2) is 4.98 Å². The normalized spacial score (nSPS) is 14.6. The lowest BCUT2D eigenvalue weighted by atomic mass is 10.2. The molecule has 0 atom stereocenters. The predicted octanol–water partition coefficient (Wildman–Crippen LogP) is 1.02. The number of pyridine rings is 1. The van der Waals surface area contributed by atoms with Gasteiger partial charge in [0.25, 0.3) is 0 Å². The molecule has 2 rings (SSSR count). The maximum Gasteiger partial charge on any atom is 0.213 e. The second-order valence-electron chi connectivity index (χ2n) is 3.37. The van der Waals surface area contributed by atoms with Gasteiger partial charge in [-0.2, -0.15) is 0 Å². The van der Waals surface area contributed by atoms with Crippen LogP contribution in [0.3, 0.4) is 0 Å². The zero-order chi connectivity index (χ0) is 10.5. The summed E-state index contributed by atoms with van der Waals surface area (Å²) in [6.45, 7) is 4.45. The highest BCUT2D eigenvalue weighted by Gasteiger charge is 2.06. The third-order valence-electron chi connectivity index (χ3n) is 2.20. The molecular weight excluding hydrogens is 190 g/mol. The first kappa shape index (κ1) is 9.96. The van der Waals surface area contributed by atoms with Gasteiger partial charge in [0.1, 0.15) is 5.84 Å². The number of ether oxygens (including phenoxy) is 1. The molecule has 0 aromatic carbocycles. The lowest BCUT2D eigenvalue weighted by molar-refractivity contribution is 0.326. The number of amidine groups is 1. The number of nitrogens with one attached hydrogen (secondary N) is 1. The topological polar surface area (TPSA) is 46.5 Å². The Morgan fingerprint density at radius 3 is 3.00 bits per heavy atom. The Kier molecular flexibility index (Phi) is 3.17. The van der Waals surface area contributed by atoms with Crippen LogP contribution in [-0.2, 0) is 6.42 Å². The Hall–Kier alpha value is -1.58. The predicted molar refractivity (Wildman–Crippen MR) is 59.4 cm³/mol. The van der Waals surface area contributed by atoms with Gasteiger partial charge >= 0.3 is 0 Å². The number of aliphatic imine (C=N–C) groups is 1. The third-order valence-corrected chi connectivity index (χ3v) is 2.20. The van der Waals surface area contributed by atoms with Crippen molar-refractivity contribution in [2.75, 3.05) is 19.7 Å². The van der Waals surface area contributed by atoms with Crippen LogP contribution in [0.4, 0.5) is 0 Å². The van der Waals surface area contributed by atoms with Gasteiger partial charge in [-0.1, -0.05) is 6.07 Å². The molecule has 1 aromatic heterocycles. The molecule has 1 N–H and O–H groups in total. The standard InChI is InChI=1S/C11H15N3O/c1-2-15-11-4-3-9(8-14-11)7-10-12-5-6-13-10/h3-4,8H,2,5-7H2,1H3,(H,12,13). The number of hydrogen-bond donors (Lipinski definition) is 1. The quantitative estimate of drug-likeness (QED) is 0.798. The lowest BCUT2D eigenvalue weighted by Crippen LogP contribution is -2.20. The van der Waals surface area contributed by atoms with Crippen molar-refractivity contribution in [2.24, 2.45) is 4.99 Å². The molecule has 4 heteroatoms. The van der Waals surface area contributed by atoms with E-state index in [4.69, 9.17) is 4.74 Å². The Morgan fingerprint density at radius 1 is 1.47 bits per heavy atom. The highest BCUT2D eigenvalue weighted by atomic mass is 16.5. The van der Waals surface area contributed by atoms with E-state index in [1.807, 2.05) is 25.3 Å². The largest absolute Gasteiger partial charge is 0.478 e. The molecule has 0 spiro atoms. The molecule has 0 saturated carbocycles. The van der Waals surface area contributed by atoms with Gasteiger partial charge in [-0.3, -0.25) is 4.99 Å². The van der Waals surface area contributed by atoms with E-state index in [2.05, 4.69) is 15.3 Å². The number of rotatable bonds is 4. The summed E-state index contributed by atoms with van der Waals surface area (Å²) in [6, 6.07) is 3.93. The first-order chi connectivity index (χ1) is 7.38. The zero-order valence-corrected chi connectivity index (χ0v) is 8.86. The number of hydrogen-bond acceptors (Lipinski definition) is 4. The first-order valence-electron chi connectivity index (χ1n) is 5.23. The highest BCUT2D eigenvalue weighted by molar-refractivity contribution is 5.85. The zero-order valence-electron chi connectivity index (χ0n) is 8.86. The molecule has 0 radical (unpaired) electrons. The summed E-state index contributed by atoms with van der Waals surface area (Å²) in [5.41, 5.74) is 1.16. The van der Waals surface area contributed by atoms with E-state index < -0.39 is 0 Å². The Labute approximate surface area is 89.4 Å². The van der Waals surface area contributed by atoms with Gasteiger partial charge in [-0.15, -0.1) is 0 Å². The van der Waals surface area contributed by atoms with Crippen molar-refractivity contribution in [3.63, 3.8) is 0 Å². The van der Waals surface area contributed by atoms with Crippen LogP contribution in [0.25, 0.3) is 0 Å². The van der Waals surface area contributed by atoms with Crippen molar-refractivity contribution in [2.45, 2.75) is 13.3 Å². The summed E-state index contributed by atoms with van der Waals surface area (Å²) in [4.78, 5) is 8.54. The molecule has 1 aliphatic rings. The summed E-state index contributed by atoms with van der Waals surface area (Å²) in [5, 5.41) is 3.24. The third kappa shape index (κ3) is 2.68. The number of nitrogens with zero attached hydrogens (tertiary/aromatic N) is 2. The van der Waals surface area contributed by atoms with Crippen LogP contribution in [0.1, 0.15) is 12.5 Å². The highest BCUT2D eigenvalue weighted by Crippen LogP contribution is 2.08. The van der Waals surface area contributed by atoms with E-state index in [-0.39, 0.29) is 0 Å². The Balaban J connectivity index is 1.97. The molecular formula is C11H15N3O. The van der Waals surface area contributed by atoms with Crippen LogP contribution in [0.15, 0.2) is 23.3 Å². The van der Waals surface area contributed by atoms with Crippen molar-refractivity contribution >= 4 is 5.84 Å². The van der Waals surface area contributed by atoms with Gasteiger partial charge in [0.15, 0.2) is 0 Å². The van der Waals surface area contributed by atoms with Crippen molar-refractivity contribution in [3.8, 4) is 5.88 Å². The van der Waals surface area contributed by atoms with Crippen molar-refractivity contribution in [1.29, 1.82) is 0 Å². The minimum atomic E-state index is 0.653. The van der Waals surface area contributed by atoms with Gasteiger partial charge in [0, 0.05) is 25.2 Å². The molecule has 0 fully saturated rings. The van der Waals surface area contributed by atoms with Crippen molar-refractivity contribution < 1.29 is 4.74 Å². The summed E-state index contributed by atoms with van der Waals surface area (Å²) in [6.07, 6.45) is 2.67. The van der Waals surface area contributed by atoms with Crippen LogP contribution in [0.2, 0.25) is 0 Å². The minimum absolute atomic E-state index is 0.653. The van der Waals surface area contributed by atoms with Gasteiger partial charge in [-0.05, 0) is 12.5 Å². The minimum Gasteiger partial charge on any atom is -0.478 e. The molecule has 0 aliphatic carbocycles. The summed E-state index contributed by atoms with van der Waals surface area (Å²) in [5.74, 6) is 1.74. The van der Waals surface area contributed by atoms with Crippen LogP contribution < -0.4 is 10.1 Å². The van der Waals surface area contributed by atoms with Crippen molar-refractivity contribution in [3.05, 3.63) is 23.9 Å². The van der Waals surface area contributed by atoms with Crippen LogP contribution in [-0.4, -0.2) is 30.5 Å². The summed E-state index contributed by atoms with van der Waals surface area (Å²) < 4.78 is 5.27. The van der Waals surface area contributed by atoms with Gasteiger partial charge in [0.05, 0.1) is 13.2 Å². The van der Waals surface area contributed by atoms with Crippen LogP contribution >= 0.6 is 0 Å². The molecule has 80 valence electrons. The van der Waals surface area contributed by atoms with E-state index in [0.29, 0.717) is 12.5 Å². The average Bonchev–Trinajstić information content (AvgIpc) is 2.74. The Bertz CT molecular complexity index is 345. The summed E-state index contributed by atoms with van der Waals surface area (Å²) >= 11 is 0. The number of aromatic nitrogens is 1. The molecule has 0 bridgehead atoms. The SMILES string of the molecule is CCOc1ccc(CC2=NCCN2)cn1. The molecule has 1 aromatic rings. The maximum atomic E-state index is 5.27. The van der Waals surface area contributed by atoms with E-state index in [9.17, 15) is 0 Å². The monoisotopic (exact) mass is 205 g/mol. The molecule has 0 unspecified atom stereocenters. The lowest BCUT2D eigenvalue weighted by Gasteiger charge is -2.04. The van der Waals surface area contributed by atoms with E-state index >= 15 is 0 Å². The van der Waals surface area contributed by atoms with E-state index in [1.165, 1.54) is 0 Å².